The van der Waals surface area contributed by atoms with Crippen molar-refractivity contribution in [3.8, 4) is 5.75 Å². The Labute approximate surface area is 130 Å². The van der Waals surface area contributed by atoms with Crippen LogP contribution in [-0.4, -0.2) is 12.0 Å². The van der Waals surface area contributed by atoms with E-state index in [0.29, 0.717) is 5.92 Å². The molecule has 1 saturated carbocycles. The molecule has 2 N–H and O–H groups in total. The van der Waals surface area contributed by atoms with Gasteiger partial charge in [-0.2, -0.15) is 0 Å². The van der Waals surface area contributed by atoms with Crippen LogP contribution in [0, 0.1) is 11.7 Å². The minimum atomic E-state index is -0.836. The molecule has 1 amide bonds. The van der Waals surface area contributed by atoms with Crippen LogP contribution in [0.25, 0.3) is 0 Å². The second-order valence-electron chi connectivity index (χ2n) is 5.14. The van der Waals surface area contributed by atoms with Crippen LogP contribution in [-0.2, 0) is 0 Å². The van der Waals surface area contributed by atoms with Crippen LogP contribution in [0.3, 0.4) is 0 Å². The molecule has 0 heterocycles. The first-order chi connectivity index (χ1) is 9.97. The Morgan fingerprint density at radius 3 is 2.62 bits per heavy atom. The summed E-state index contributed by atoms with van der Waals surface area (Å²) >= 11 is 6.00. The molecule has 1 aromatic carbocycles. The fourth-order valence-electron chi connectivity index (χ4n) is 2.47. The molecule has 118 valence electrons. The van der Waals surface area contributed by atoms with Gasteiger partial charge in [0, 0.05) is 6.07 Å². The Morgan fingerprint density at radius 1 is 1.38 bits per heavy atom. The maximum atomic E-state index is 13.7. The average molecular weight is 316 g/mol. The Bertz CT molecular complexity index is 493. The second kappa shape index (κ2) is 8.23. The van der Waals surface area contributed by atoms with Gasteiger partial charge in [-0.1, -0.05) is 38.8 Å². The van der Waals surface area contributed by atoms with Crippen molar-refractivity contribution in [1.29, 1.82) is 0 Å². The molecule has 1 aliphatic carbocycles. The first-order valence-corrected chi connectivity index (χ1v) is 7.80. The number of benzene rings is 1. The molecule has 21 heavy (non-hydrogen) atoms. The van der Waals surface area contributed by atoms with E-state index in [1.165, 1.54) is 12.5 Å². The molecule has 0 radical (unpaired) electrons. The third-order valence-corrected chi connectivity index (χ3v) is 3.76. The van der Waals surface area contributed by atoms with Gasteiger partial charge in [0.05, 0.1) is 16.7 Å². The van der Waals surface area contributed by atoms with Gasteiger partial charge in [0.2, 0.25) is 0 Å². The molecule has 3 nitrogen and oxygen atoms in total. The highest BCUT2D eigenvalue weighted by molar-refractivity contribution is 6.32. The van der Waals surface area contributed by atoms with Gasteiger partial charge in [-0.05, 0) is 31.2 Å². The van der Waals surface area contributed by atoms with Crippen LogP contribution < -0.4 is 10.5 Å². The van der Waals surface area contributed by atoms with Gasteiger partial charge >= 0.3 is 0 Å². The van der Waals surface area contributed by atoms with Gasteiger partial charge in [-0.3, -0.25) is 4.79 Å². The van der Waals surface area contributed by atoms with Gasteiger partial charge < -0.3 is 10.5 Å². The second-order valence-corrected chi connectivity index (χ2v) is 5.55. The van der Waals surface area contributed by atoms with E-state index in [0.717, 1.165) is 25.3 Å². The molecule has 5 heteroatoms. The molecular weight excluding hydrogens is 293 g/mol. The van der Waals surface area contributed by atoms with Crippen molar-refractivity contribution in [1.82, 2.24) is 0 Å². The maximum Gasteiger partial charge on any atom is 0.251 e. The molecule has 1 fully saturated rings. The molecule has 1 aliphatic rings. The summed E-state index contributed by atoms with van der Waals surface area (Å²) in [6.07, 6.45) is 4.24. The normalized spacial score (nSPS) is 21.2. The number of halogens is 2. The summed E-state index contributed by atoms with van der Waals surface area (Å²) in [5.74, 6) is -0.650. The van der Waals surface area contributed by atoms with Crippen LogP contribution in [0.2, 0.25) is 5.02 Å². The number of carbonyl (C=O) groups excluding carboxylic acids is 1. The van der Waals surface area contributed by atoms with Crippen LogP contribution in [0.4, 0.5) is 4.39 Å². The Morgan fingerprint density at radius 2 is 2.05 bits per heavy atom. The predicted molar refractivity (Wildman–Crippen MR) is 83.3 cm³/mol. The minimum Gasteiger partial charge on any atom is -0.489 e. The fourth-order valence-corrected chi connectivity index (χ4v) is 2.68. The zero-order valence-corrected chi connectivity index (χ0v) is 13.5. The van der Waals surface area contributed by atoms with Gasteiger partial charge in [0.15, 0.2) is 0 Å². The SMILES string of the molecule is CC.C[C@H]1CCC[C@H](Oc2cc(F)c(C(N)=O)cc2Cl)C1. The van der Waals surface area contributed by atoms with Crippen molar-refractivity contribution >= 4 is 17.5 Å². The molecule has 1 aromatic rings. The smallest absolute Gasteiger partial charge is 0.251 e. The van der Waals surface area contributed by atoms with Gasteiger partial charge in [0.25, 0.3) is 5.91 Å². The molecule has 0 saturated heterocycles. The van der Waals surface area contributed by atoms with E-state index in [1.54, 1.807) is 0 Å². The number of primary amides is 1. The van der Waals surface area contributed by atoms with E-state index >= 15 is 0 Å². The summed E-state index contributed by atoms with van der Waals surface area (Å²) in [6, 6.07) is 2.36. The molecule has 0 bridgehead atoms. The van der Waals surface area contributed by atoms with Crippen LogP contribution in [0.5, 0.6) is 5.75 Å². The summed E-state index contributed by atoms with van der Waals surface area (Å²) in [5.41, 5.74) is 4.84. The first kappa shape index (κ1) is 17.8. The van der Waals surface area contributed by atoms with Gasteiger partial charge in [0.1, 0.15) is 11.6 Å². The molecule has 0 unspecified atom stereocenters. The Balaban J connectivity index is 0.00000106. The monoisotopic (exact) mass is 315 g/mol. The Hall–Kier alpha value is -1.29. The van der Waals surface area contributed by atoms with E-state index < -0.39 is 11.7 Å². The zero-order valence-electron chi connectivity index (χ0n) is 12.8. The highest BCUT2D eigenvalue weighted by Gasteiger charge is 2.22. The Kier molecular flexibility index (Phi) is 6.96. The summed E-state index contributed by atoms with van der Waals surface area (Å²) in [4.78, 5) is 11.0. The summed E-state index contributed by atoms with van der Waals surface area (Å²) in [6.45, 7) is 6.17. The highest BCUT2D eigenvalue weighted by Crippen LogP contribution is 2.32. The lowest BCUT2D eigenvalue weighted by molar-refractivity contribution is 0.0996. The summed E-state index contributed by atoms with van der Waals surface area (Å²) < 4.78 is 19.4. The number of amides is 1. The van der Waals surface area contributed by atoms with Crippen molar-refractivity contribution in [2.24, 2.45) is 11.7 Å². The van der Waals surface area contributed by atoms with Crippen LogP contribution >= 0.6 is 11.6 Å². The van der Waals surface area contributed by atoms with Crippen molar-refractivity contribution in [2.45, 2.75) is 52.6 Å². The van der Waals surface area contributed by atoms with E-state index in [1.807, 2.05) is 13.8 Å². The first-order valence-electron chi connectivity index (χ1n) is 7.43. The van der Waals surface area contributed by atoms with Crippen LogP contribution in [0.15, 0.2) is 12.1 Å². The molecular formula is C16H23ClFNO2. The molecule has 2 atom stereocenters. The minimum absolute atomic E-state index is 0.0556. The number of carbonyl (C=O) groups is 1. The standard InChI is InChI=1S/C14H17ClFNO2.C2H6/c1-8-3-2-4-9(5-8)19-13-7-12(16)10(14(17)18)6-11(13)15;1-2/h6-9H,2-5H2,1H3,(H2,17,18);1-2H3/t8-,9-;/m0./s1. The predicted octanol–water partition coefficient (Wildman–Crippen LogP) is 4.56. The largest absolute Gasteiger partial charge is 0.489 e. The average Bonchev–Trinajstić information content (AvgIpc) is 2.44. The molecule has 2 rings (SSSR count). The lowest BCUT2D eigenvalue weighted by Gasteiger charge is -2.27. The molecule has 0 aliphatic heterocycles. The lowest BCUT2D eigenvalue weighted by Crippen LogP contribution is -2.24. The zero-order chi connectivity index (χ0) is 16.0. The topological polar surface area (TPSA) is 52.3 Å². The van der Waals surface area contributed by atoms with E-state index in [2.05, 4.69) is 6.92 Å². The van der Waals surface area contributed by atoms with E-state index in [-0.39, 0.29) is 22.4 Å². The van der Waals surface area contributed by atoms with Crippen molar-refractivity contribution in [3.63, 3.8) is 0 Å². The number of nitrogens with two attached hydrogens (primary N) is 1. The summed E-state index contributed by atoms with van der Waals surface area (Å²) in [7, 11) is 0. The number of ether oxygens (including phenoxy) is 1. The third kappa shape index (κ3) is 4.88. The summed E-state index contributed by atoms with van der Waals surface area (Å²) in [5, 5.41) is 0.216. The van der Waals surface area contributed by atoms with Gasteiger partial charge in [-0.25, -0.2) is 4.39 Å². The fraction of sp³-hybridized carbons (Fsp3) is 0.562. The lowest BCUT2D eigenvalue weighted by atomic mass is 9.89. The van der Waals surface area contributed by atoms with Gasteiger partial charge in [-0.15, -0.1) is 0 Å². The van der Waals surface area contributed by atoms with Crippen molar-refractivity contribution in [2.75, 3.05) is 0 Å². The number of hydrogen-bond acceptors (Lipinski definition) is 2. The number of rotatable bonds is 3. The van der Waals surface area contributed by atoms with Crippen molar-refractivity contribution < 1.29 is 13.9 Å². The maximum absolute atomic E-state index is 13.7. The number of hydrogen-bond donors (Lipinski definition) is 1. The van der Waals surface area contributed by atoms with Crippen LogP contribution in [0.1, 0.15) is 56.8 Å². The van der Waals surface area contributed by atoms with Crippen molar-refractivity contribution in [3.05, 3.63) is 28.5 Å². The van der Waals surface area contributed by atoms with E-state index in [4.69, 9.17) is 22.1 Å². The third-order valence-electron chi connectivity index (χ3n) is 3.47. The van der Waals surface area contributed by atoms with E-state index in [9.17, 15) is 9.18 Å². The molecule has 0 aromatic heterocycles. The molecule has 0 spiro atoms. The quantitative estimate of drug-likeness (QED) is 0.888. The highest BCUT2D eigenvalue weighted by atomic mass is 35.5.